The minimum atomic E-state index is -0.0550. The molecule has 1 aromatic heterocycles. The van der Waals surface area contributed by atoms with E-state index in [-0.39, 0.29) is 5.83 Å². The highest BCUT2D eigenvalue weighted by atomic mass is 19.1. The van der Waals surface area contributed by atoms with Crippen LogP contribution in [-0.2, 0) is 13.0 Å². The van der Waals surface area contributed by atoms with Crippen LogP contribution in [0.15, 0.2) is 35.8 Å². The molecule has 0 aliphatic heterocycles. The van der Waals surface area contributed by atoms with Gasteiger partial charge in [0.1, 0.15) is 0 Å². The highest BCUT2D eigenvalue weighted by Crippen LogP contribution is 2.24. The monoisotopic (exact) mass is 316 g/mol. The van der Waals surface area contributed by atoms with Crippen LogP contribution in [0.1, 0.15) is 64.1 Å². The number of halogens is 1. The van der Waals surface area contributed by atoms with Gasteiger partial charge >= 0.3 is 0 Å². The maximum atomic E-state index is 13.4. The highest BCUT2D eigenvalue weighted by Gasteiger charge is 2.14. The van der Waals surface area contributed by atoms with E-state index in [0.717, 1.165) is 19.3 Å². The van der Waals surface area contributed by atoms with Gasteiger partial charge in [-0.05, 0) is 50.2 Å². The molecule has 0 saturated carbocycles. The molecule has 0 aromatic carbocycles. The first kappa shape index (κ1) is 17.7. The first-order chi connectivity index (χ1) is 11.1. The van der Waals surface area contributed by atoms with Gasteiger partial charge in [-0.15, -0.1) is 0 Å². The van der Waals surface area contributed by atoms with Crippen molar-refractivity contribution < 1.29 is 4.39 Å². The summed E-state index contributed by atoms with van der Waals surface area (Å²) in [5.41, 5.74) is 3.98. The predicted octanol–water partition coefficient (Wildman–Crippen LogP) is 5.86. The lowest BCUT2D eigenvalue weighted by atomic mass is 9.97. The summed E-state index contributed by atoms with van der Waals surface area (Å²) in [6.45, 7) is 7.18. The third-order valence-corrected chi connectivity index (χ3v) is 4.36. The molecule has 0 radical (unpaired) electrons. The summed E-state index contributed by atoms with van der Waals surface area (Å²) in [6.07, 6.45) is 15.7. The molecule has 1 atom stereocenters. The van der Waals surface area contributed by atoms with Crippen molar-refractivity contribution in [1.29, 1.82) is 0 Å². The molecule has 1 aliphatic carbocycles. The van der Waals surface area contributed by atoms with Gasteiger partial charge in [-0.1, -0.05) is 44.1 Å². The van der Waals surface area contributed by atoms with Crippen molar-refractivity contribution in [1.82, 2.24) is 9.78 Å². The van der Waals surface area contributed by atoms with Crippen LogP contribution < -0.4 is 0 Å². The Balaban J connectivity index is 2.10. The second-order valence-corrected chi connectivity index (χ2v) is 6.66. The standard InChI is InChI=1S/C20H29FN2/c1-4-8-19(21)11-5-6-12-23-20-14-17(3)10-7-9-16(2)13-18(20)15-22-23/h5-6,8,14-16H,4,7,9-13H2,1-3H3/b6-5-,17-14+,19-8+. The topological polar surface area (TPSA) is 17.8 Å². The Morgan fingerprint density at radius 2 is 2.26 bits per heavy atom. The van der Waals surface area contributed by atoms with Crippen LogP contribution >= 0.6 is 0 Å². The molecular formula is C20H29FN2. The van der Waals surface area contributed by atoms with E-state index in [1.807, 2.05) is 30.0 Å². The lowest BCUT2D eigenvalue weighted by molar-refractivity contribution is 0.509. The summed E-state index contributed by atoms with van der Waals surface area (Å²) in [5, 5.41) is 4.55. The van der Waals surface area contributed by atoms with Gasteiger partial charge in [0.15, 0.2) is 0 Å². The molecule has 1 heterocycles. The van der Waals surface area contributed by atoms with E-state index in [0.29, 0.717) is 18.9 Å². The summed E-state index contributed by atoms with van der Waals surface area (Å²) in [7, 11) is 0. The van der Waals surface area contributed by atoms with Gasteiger partial charge in [0.2, 0.25) is 0 Å². The molecule has 0 saturated heterocycles. The van der Waals surface area contributed by atoms with Gasteiger partial charge in [-0.25, -0.2) is 4.39 Å². The van der Waals surface area contributed by atoms with Crippen LogP contribution in [0.2, 0.25) is 0 Å². The fourth-order valence-corrected chi connectivity index (χ4v) is 3.09. The van der Waals surface area contributed by atoms with E-state index in [1.54, 1.807) is 6.08 Å². The Labute approximate surface area is 139 Å². The van der Waals surface area contributed by atoms with Crippen molar-refractivity contribution in [3.05, 3.63) is 47.1 Å². The van der Waals surface area contributed by atoms with Crippen LogP contribution in [0, 0.1) is 5.92 Å². The molecule has 0 bridgehead atoms. The quantitative estimate of drug-likeness (QED) is 0.622. The zero-order valence-electron chi connectivity index (χ0n) is 14.7. The number of allylic oxidation sites excluding steroid dienone is 5. The van der Waals surface area contributed by atoms with Gasteiger partial charge in [0.25, 0.3) is 0 Å². The maximum absolute atomic E-state index is 13.4. The molecule has 1 aromatic rings. The van der Waals surface area contributed by atoms with E-state index < -0.39 is 0 Å². The van der Waals surface area contributed by atoms with Gasteiger partial charge in [-0.2, -0.15) is 5.10 Å². The molecule has 1 unspecified atom stereocenters. The predicted molar refractivity (Wildman–Crippen MR) is 95.8 cm³/mol. The number of hydrogen-bond donors (Lipinski definition) is 0. The molecule has 3 heteroatoms. The van der Waals surface area contributed by atoms with Gasteiger partial charge in [0.05, 0.1) is 24.3 Å². The molecule has 2 rings (SSSR count). The molecule has 1 aliphatic rings. The first-order valence-electron chi connectivity index (χ1n) is 8.81. The summed E-state index contributed by atoms with van der Waals surface area (Å²) < 4.78 is 15.4. The normalized spacial score (nSPS) is 22.2. The van der Waals surface area contributed by atoms with Crippen molar-refractivity contribution in [2.75, 3.05) is 0 Å². The average Bonchev–Trinajstić information content (AvgIpc) is 2.87. The number of aromatic nitrogens is 2. The molecule has 0 fully saturated rings. The second-order valence-electron chi connectivity index (χ2n) is 6.66. The fraction of sp³-hybridized carbons (Fsp3) is 0.550. The zero-order valence-corrected chi connectivity index (χ0v) is 14.7. The van der Waals surface area contributed by atoms with Crippen LogP contribution in [0.5, 0.6) is 0 Å². The molecule has 0 amide bonds. The Bertz CT molecular complexity index is 593. The Morgan fingerprint density at radius 3 is 3.04 bits per heavy atom. The van der Waals surface area contributed by atoms with Crippen molar-refractivity contribution in [3.63, 3.8) is 0 Å². The molecule has 23 heavy (non-hydrogen) atoms. The summed E-state index contributed by atoms with van der Waals surface area (Å²) in [5.74, 6) is 0.648. The van der Waals surface area contributed by atoms with E-state index >= 15 is 0 Å². The SMILES string of the molecule is CC/C=C(/F)C/C=C\Cn1ncc2c1/C=C(\C)CCCC(C)C2. The zero-order chi connectivity index (χ0) is 16.7. The third kappa shape index (κ3) is 5.49. The number of nitrogens with zero attached hydrogens (tertiary/aromatic N) is 2. The van der Waals surface area contributed by atoms with Crippen LogP contribution in [-0.4, -0.2) is 9.78 Å². The Morgan fingerprint density at radius 1 is 1.43 bits per heavy atom. The van der Waals surface area contributed by atoms with E-state index in [4.69, 9.17) is 0 Å². The fourth-order valence-electron chi connectivity index (χ4n) is 3.09. The Kier molecular flexibility index (Phi) is 6.82. The maximum Gasteiger partial charge on any atom is 0.0997 e. The number of rotatable bonds is 5. The van der Waals surface area contributed by atoms with Crippen molar-refractivity contribution >= 4 is 6.08 Å². The molecule has 2 nitrogen and oxygen atoms in total. The van der Waals surface area contributed by atoms with E-state index in [9.17, 15) is 4.39 Å². The second kappa shape index (κ2) is 8.85. The third-order valence-electron chi connectivity index (χ3n) is 4.36. The van der Waals surface area contributed by atoms with E-state index in [1.165, 1.54) is 29.7 Å². The summed E-state index contributed by atoms with van der Waals surface area (Å²) in [6, 6.07) is 0. The lowest BCUT2D eigenvalue weighted by Gasteiger charge is -2.09. The number of fused-ring (bicyclic) bond motifs is 1. The summed E-state index contributed by atoms with van der Waals surface area (Å²) >= 11 is 0. The van der Waals surface area contributed by atoms with Crippen molar-refractivity contribution in [3.8, 4) is 0 Å². The van der Waals surface area contributed by atoms with Crippen molar-refractivity contribution in [2.45, 2.75) is 65.8 Å². The van der Waals surface area contributed by atoms with Crippen molar-refractivity contribution in [2.24, 2.45) is 5.92 Å². The molecule has 0 spiro atoms. The minimum Gasteiger partial charge on any atom is -0.261 e. The molecule has 0 N–H and O–H groups in total. The molecular weight excluding hydrogens is 287 g/mol. The smallest absolute Gasteiger partial charge is 0.0997 e. The largest absolute Gasteiger partial charge is 0.261 e. The molecule has 126 valence electrons. The van der Waals surface area contributed by atoms with Gasteiger partial charge in [-0.3, -0.25) is 4.68 Å². The highest BCUT2D eigenvalue weighted by molar-refractivity contribution is 5.53. The lowest BCUT2D eigenvalue weighted by Crippen LogP contribution is -2.03. The van der Waals surface area contributed by atoms with Crippen LogP contribution in [0.25, 0.3) is 6.08 Å². The van der Waals surface area contributed by atoms with Crippen LogP contribution in [0.4, 0.5) is 4.39 Å². The van der Waals surface area contributed by atoms with Gasteiger partial charge in [0, 0.05) is 6.42 Å². The minimum absolute atomic E-state index is 0.0550. The van der Waals surface area contributed by atoms with E-state index in [2.05, 4.69) is 25.0 Å². The number of hydrogen-bond acceptors (Lipinski definition) is 1. The van der Waals surface area contributed by atoms with Crippen LogP contribution in [0.3, 0.4) is 0 Å². The first-order valence-corrected chi connectivity index (χ1v) is 8.81. The average molecular weight is 316 g/mol. The van der Waals surface area contributed by atoms with Gasteiger partial charge < -0.3 is 0 Å². The Hall–Kier alpha value is -1.64. The summed E-state index contributed by atoms with van der Waals surface area (Å²) in [4.78, 5) is 0.